The lowest BCUT2D eigenvalue weighted by Crippen LogP contribution is -1.98. The molecule has 3 heteroatoms. The van der Waals surface area contributed by atoms with Crippen molar-refractivity contribution in [2.45, 2.75) is 27.4 Å². The molecule has 3 aromatic rings. The van der Waals surface area contributed by atoms with E-state index < -0.39 is 0 Å². The predicted octanol–water partition coefficient (Wildman–Crippen LogP) is 6.70. The molecule has 2 nitrogen and oxygen atoms in total. The van der Waals surface area contributed by atoms with Gasteiger partial charge in [-0.3, -0.25) is 4.99 Å². The number of aryl methyl sites for hydroxylation is 3. The molecule has 0 saturated carbocycles. The van der Waals surface area contributed by atoms with E-state index in [9.17, 15) is 0 Å². The van der Waals surface area contributed by atoms with Crippen LogP contribution >= 0.6 is 15.9 Å². The van der Waals surface area contributed by atoms with Crippen LogP contribution in [0.3, 0.4) is 0 Å². The molecule has 3 aromatic carbocycles. The topological polar surface area (TPSA) is 21.6 Å². The number of halogens is 1. The van der Waals surface area contributed by atoms with Crippen LogP contribution in [0.2, 0.25) is 0 Å². The predicted molar refractivity (Wildman–Crippen MR) is 113 cm³/mol. The van der Waals surface area contributed by atoms with E-state index in [1.807, 2.05) is 30.5 Å². The monoisotopic (exact) mass is 407 g/mol. The number of nitrogens with zero attached hydrogens (tertiary/aromatic N) is 1. The molecule has 0 heterocycles. The second-order valence-corrected chi connectivity index (χ2v) is 7.40. The Morgan fingerprint density at radius 1 is 0.885 bits per heavy atom. The molecule has 0 amide bonds. The molecular formula is C23H22BrNO. The number of rotatable bonds is 5. The van der Waals surface area contributed by atoms with Crippen LogP contribution in [0.4, 0.5) is 5.69 Å². The highest BCUT2D eigenvalue weighted by Crippen LogP contribution is 2.24. The first-order chi connectivity index (χ1) is 12.5. The summed E-state index contributed by atoms with van der Waals surface area (Å²) in [5.41, 5.74) is 6.80. The van der Waals surface area contributed by atoms with Crippen LogP contribution in [0.25, 0.3) is 0 Å². The third-order valence-electron chi connectivity index (χ3n) is 4.33. The van der Waals surface area contributed by atoms with Crippen LogP contribution in [0.1, 0.15) is 27.8 Å². The molecule has 0 aliphatic carbocycles. The quantitative estimate of drug-likeness (QED) is 0.430. The van der Waals surface area contributed by atoms with E-state index in [-0.39, 0.29) is 0 Å². The van der Waals surface area contributed by atoms with Gasteiger partial charge in [0.25, 0.3) is 0 Å². The number of benzene rings is 3. The number of ether oxygens (including phenoxy) is 1. The summed E-state index contributed by atoms with van der Waals surface area (Å²) in [7, 11) is 0. The number of hydrogen-bond donors (Lipinski definition) is 0. The molecule has 0 radical (unpaired) electrons. The van der Waals surface area contributed by atoms with Crippen LogP contribution < -0.4 is 4.74 Å². The van der Waals surface area contributed by atoms with Gasteiger partial charge in [-0.15, -0.1) is 0 Å². The summed E-state index contributed by atoms with van der Waals surface area (Å²) < 4.78 is 7.04. The maximum atomic E-state index is 6.04. The Hall–Kier alpha value is -2.39. The van der Waals surface area contributed by atoms with Crippen molar-refractivity contribution in [3.05, 3.63) is 93.0 Å². The Kier molecular flexibility index (Phi) is 5.89. The van der Waals surface area contributed by atoms with Crippen LogP contribution in [0.5, 0.6) is 5.75 Å². The summed E-state index contributed by atoms with van der Waals surface area (Å²) in [6.45, 7) is 6.82. The largest absolute Gasteiger partial charge is 0.488 e. The Balaban J connectivity index is 1.79. The minimum atomic E-state index is 0.534. The first-order valence-electron chi connectivity index (χ1n) is 8.60. The second kappa shape index (κ2) is 8.33. The number of hydrogen-bond acceptors (Lipinski definition) is 2. The highest BCUT2D eigenvalue weighted by molar-refractivity contribution is 9.10. The highest BCUT2D eigenvalue weighted by atomic mass is 79.9. The van der Waals surface area contributed by atoms with Gasteiger partial charge in [0.2, 0.25) is 0 Å². The molecule has 26 heavy (non-hydrogen) atoms. The van der Waals surface area contributed by atoms with E-state index in [0.717, 1.165) is 27.0 Å². The molecule has 0 unspecified atom stereocenters. The second-order valence-electron chi connectivity index (χ2n) is 6.48. The van der Waals surface area contributed by atoms with Crippen molar-refractivity contribution in [1.82, 2.24) is 0 Å². The van der Waals surface area contributed by atoms with Crippen LogP contribution in [0, 0.1) is 20.8 Å². The van der Waals surface area contributed by atoms with Crippen LogP contribution in [0.15, 0.2) is 70.1 Å². The Labute approximate surface area is 163 Å². The lowest BCUT2D eigenvalue weighted by molar-refractivity contribution is 0.306. The minimum absolute atomic E-state index is 0.534. The van der Waals surface area contributed by atoms with E-state index >= 15 is 0 Å². The summed E-state index contributed by atoms with van der Waals surface area (Å²) in [5.74, 6) is 0.821. The molecule has 0 atom stereocenters. The summed E-state index contributed by atoms with van der Waals surface area (Å²) in [6.07, 6.45) is 1.86. The van der Waals surface area contributed by atoms with Gasteiger partial charge in [-0.25, -0.2) is 0 Å². The van der Waals surface area contributed by atoms with Crippen LogP contribution in [-0.4, -0.2) is 6.21 Å². The molecule has 0 N–H and O–H groups in total. The molecule has 0 aliphatic heterocycles. The smallest absolute Gasteiger partial charge is 0.128 e. The Morgan fingerprint density at radius 2 is 1.65 bits per heavy atom. The normalized spacial score (nSPS) is 11.1. The van der Waals surface area contributed by atoms with Crippen molar-refractivity contribution in [3.8, 4) is 5.75 Å². The maximum absolute atomic E-state index is 6.04. The maximum Gasteiger partial charge on any atom is 0.128 e. The lowest BCUT2D eigenvalue weighted by atomic mass is 10.1. The van der Waals surface area contributed by atoms with Crippen molar-refractivity contribution in [3.63, 3.8) is 0 Å². The fourth-order valence-electron chi connectivity index (χ4n) is 2.55. The molecule has 0 aliphatic rings. The van der Waals surface area contributed by atoms with E-state index in [1.54, 1.807) is 0 Å². The molecule has 0 saturated heterocycles. The zero-order chi connectivity index (χ0) is 18.5. The van der Waals surface area contributed by atoms with Crippen molar-refractivity contribution < 1.29 is 4.74 Å². The molecule has 3 rings (SSSR count). The van der Waals surface area contributed by atoms with Crippen molar-refractivity contribution in [2.75, 3.05) is 0 Å². The summed E-state index contributed by atoms with van der Waals surface area (Å²) in [4.78, 5) is 4.62. The third kappa shape index (κ3) is 4.83. The van der Waals surface area contributed by atoms with Gasteiger partial charge in [0.15, 0.2) is 0 Å². The van der Waals surface area contributed by atoms with E-state index in [1.165, 1.54) is 16.7 Å². The number of aliphatic imine (C=N–C) groups is 1. The SMILES string of the molecule is Cc1ccc(COc2ccc(Br)cc2C=Nc2ccc(C)c(C)c2)cc1. The molecule has 0 bridgehead atoms. The molecule has 0 aromatic heterocycles. The van der Waals surface area contributed by atoms with Crippen molar-refractivity contribution >= 4 is 27.8 Å². The standard InChI is InChI=1S/C23H22BrNO/c1-16-4-7-19(8-5-16)15-26-23-11-9-21(24)13-20(23)14-25-22-10-6-17(2)18(3)12-22/h4-14H,15H2,1-3H3. The van der Waals surface area contributed by atoms with Crippen molar-refractivity contribution in [1.29, 1.82) is 0 Å². The van der Waals surface area contributed by atoms with Gasteiger partial charge in [-0.2, -0.15) is 0 Å². The average molecular weight is 408 g/mol. The zero-order valence-corrected chi connectivity index (χ0v) is 16.9. The van der Waals surface area contributed by atoms with E-state index in [0.29, 0.717) is 6.61 Å². The van der Waals surface area contributed by atoms with Gasteiger partial charge in [0.1, 0.15) is 12.4 Å². The minimum Gasteiger partial charge on any atom is -0.488 e. The van der Waals surface area contributed by atoms with Crippen molar-refractivity contribution in [2.24, 2.45) is 4.99 Å². The third-order valence-corrected chi connectivity index (χ3v) is 4.82. The Bertz CT molecular complexity index is 929. The first kappa shape index (κ1) is 18.4. The molecular weight excluding hydrogens is 386 g/mol. The lowest BCUT2D eigenvalue weighted by Gasteiger charge is -2.10. The summed E-state index contributed by atoms with van der Waals surface area (Å²) >= 11 is 3.53. The molecule has 132 valence electrons. The van der Waals surface area contributed by atoms with Gasteiger partial charge in [0, 0.05) is 16.3 Å². The van der Waals surface area contributed by atoms with E-state index in [2.05, 4.69) is 78.1 Å². The van der Waals surface area contributed by atoms with Gasteiger partial charge in [-0.05, 0) is 67.8 Å². The highest BCUT2D eigenvalue weighted by Gasteiger charge is 2.04. The van der Waals surface area contributed by atoms with Gasteiger partial charge in [0.05, 0.1) is 5.69 Å². The van der Waals surface area contributed by atoms with Gasteiger partial charge >= 0.3 is 0 Å². The van der Waals surface area contributed by atoms with Gasteiger partial charge in [-0.1, -0.05) is 51.8 Å². The summed E-state index contributed by atoms with van der Waals surface area (Å²) in [5, 5.41) is 0. The van der Waals surface area contributed by atoms with Gasteiger partial charge < -0.3 is 4.74 Å². The summed E-state index contributed by atoms with van der Waals surface area (Å²) in [6, 6.07) is 20.6. The molecule has 0 spiro atoms. The fourth-order valence-corrected chi connectivity index (χ4v) is 2.93. The Morgan fingerprint density at radius 3 is 2.38 bits per heavy atom. The average Bonchev–Trinajstić information content (AvgIpc) is 2.63. The molecule has 0 fully saturated rings. The van der Waals surface area contributed by atoms with E-state index in [4.69, 9.17) is 4.74 Å². The zero-order valence-electron chi connectivity index (χ0n) is 15.3. The van der Waals surface area contributed by atoms with Crippen LogP contribution in [-0.2, 0) is 6.61 Å². The fraction of sp³-hybridized carbons (Fsp3) is 0.174. The first-order valence-corrected chi connectivity index (χ1v) is 9.40.